The molecule has 2 N–H and O–H groups in total. The van der Waals surface area contributed by atoms with Crippen LogP contribution >= 0.6 is 11.6 Å². The molecule has 0 amide bonds. The molecule has 0 saturated carbocycles. The van der Waals surface area contributed by atoms with Gasteiger partial charge in [-0.25, -0.2) is 0 Å². The van der Waals surface area contributed by atoms with Gasteiger partial charge >= 0.3 is 0 Å². The summed E-state index contributed by atoms with van der Waals surface area (Å²) in [6, 6.07) is 0. The van der Waals surface area contributed by atoms with Crippen molar-refractivity contribution in [2.75, 3.05) is 0 Å². The summed E-state index contributed by atoms with van der Waals surface area (Å²) >= 11 is 5.70. The van der Waals surface area contributed by atoms with E-state index in [-0.39, 0.29) is 0 Å². The molecule has 0 aliphatic rings. The first-order valence-corrected chi connectivity index (χ1v) is 4.53. The Hall–Kier alpha value is 0.210. The lowest BCUT2D eigenvalue weighted by Crippen LogP contribution is -2.30. The molecule has 0 saturated heterocycles. The number of hydrogen-bond donors (Lipinski definition) is 2. The van der Waals surface area contributed by atoms with Gasteiger partial charge < -0.3 is 10.2 Å². The van der Waals surface area contributed by atoms with Crippen molar-refractivity contribution in [2.45, 2.75) is 50.7 Å². The van der Waals surface area contributed by atoms with Crippen molar-refractivity contribution in [2.24, 2.45) is 0 Å². The summed E-state index contributed by atoms with van der Waals surface area (Å²) in [6.07, 6.45) is 1.47. The smallest absolute Gasteiger partial charge is 0.0851 e. The highest BCUT2D eigenvalue weighted by molar-refractivity contribution is 6.21. The Labute approximate surface area is 73.2 Å². The minimum Gasteiger partial charge on any atom is -0.392 e. The molecule has 3 atom stereocenters. The molecule has 0 fully saturated rings. The molecule has 0 heterocycles. The van der Waals surface area contributed by atoms with Crippen LogP contribution in [0.25, 0.3) is 0 Å². The molecule has 11 heavy (non-hydrogen) atoms. The van der Waals surface area contributed by atoms with Crippen LogP contribution in [0.15, 0.2) is 0 Å². The van der Waals surface area contributed by atoms with Crippen molar-refractivity contribution >= 4 is 11.6 Å². The summed E-state index contributed by atoms with van der Waals surface area (Å²) in [5.74, 6) is 0. The summed E-state index contributed by atoms with van der Waals surface area (Å²) in [5.41, 5.74) is 0. The van der Waals surface area contributed by atoms with Crippen LogP contribution in [0.3, 0.4) is 0 Å². The molecule has 3 heteroatoms. The largest absolute Gasteiger partial charge is 0.392 e. The fourth-order valence-electron chi connectivity index (χ4n) is 0.894. The Morgan fingerprint density at radius 1 is 1.36 bits per heavy atom. The van der Waals surface area contributed by atoms with E-state index in [9.17, 15) is 5.11 Å². The molecule has 0 aliphatic carbocycles. The third kappa shape index (κ3) is 4.62. The van der Waals surface area contributed by atoms with Gasteiger partial charge in [0, 0.05) is 0 Å². The zero-order valence-electron chi connectivity index (χ0n) is 7.13. The van der Waals surface area contributed by atoms with Crippen LogP contribution in [0.5, 0.6) is 0 Å². The van der Waals surface area contributed by atoms with Crippen LogP contribution in [0.4, 0.5) is 0 Å². The Kier molecular flexibility index (Phi) is 5.92. The fourth-order valence-corrected chi connectivity index (χ4v) is 1.02. The molecule has 0 aromatic rings. The Bertz CT molecular complexity index is 96.1. The summed E-state index contributed by atoms with van der Waals surface area (Å²) < 4.78 is 0. The monoisotopic (exact) mass is 180 g/mol. The second-order valence-corrected chi connectivity index (χ2v) is 3.40. The predicted octanol–water partition coefficient (Wildman–Crippen LogP) is 1.53. The van der Waals surface area contributed by atoms with Crippen LogP contribution < -0.4 is 0 Å². The van der Waals surface area contributed by atoms with E-state index in [1.165, 1.54) is 0 Å². The Balaban J connectivity index is 3.55. The number of rotatable bonds is 5. The molecule has 0 radical (unpaired) electrons. The number of unbranched alkanes of at least 4 members (excludes halogenated alkanes) is 1. The van der Waals surface area contributed by atoms with E-state index in [0.29, 0.717) is 6.42 Å². The van der Waals surface area contributed by atoms with Crippen molar-refractivity contribution in [3.8, 4) is 0 Å². The maximum atomic E-state index is 9.33. The van der Waals surface area contributed by atoms with E-state index in [2.05, 4.69) is 6.92 Å². The van der Waals surface area contributed by atoms with Gasteiger partial charge in [-0.3, -0.25) is 0 Å². The highest BCUT2D eigenvalue weighted by Crippen LogP contribution is 2.13. The number of aliphatic hydroxyl groups is 2. The topological polar surface area (TPSA) is 40.5 Å². The third-order valence-electron chi connectivity index (χ3n) is 1.68. The highest BCUT2D eigenvalue weighted by atomic mass is 35.5. The fraction of sp³-hybridized carbons (Fsp3) is 1.00. The number of aliphatic hydroxyl groups excluding tert-OH is 2. The molecule has 0 rings (SSSR count). The zero-order valence-corrected chi connectivity index (χ0v) is 7.88. The Morgan fingerprint density at radius 3 is 2.27 bits per heavy atom. The van der Waals surface area contributed by atoms with E-state index in [1.807, 2.05) is 0 Å². The second-order valence-electron chi connectivity index (χ2n) is 2.89. The number of halogens is 1. The first-order valence-electron chi connectivity index (χ1n) is 4.09. The normalized spacial score (nSPS) is 19.4. The van der Waals surface area contributed by atoms with Gasteiger partial charge in [0.25, 0.3) is 0 Å². The van der Waals surface area contributed by atoms with Crippen LogP contribution in [0.1, 0.15) is 33.1 Å². The maximum absolute atomic E-state index is 9.33. The van der Waals surface area contributed by atoms with Crippen molar-refractivity contribution in [1.82, 2.24) is 0 Å². The minimum atomic E-state index is -0.636. The third-order valence-corrected chi connectivity index (χ3v) is 2.34. The van der Waals surface area contributed by atoms with E-state index < -0.39 is 17.6 Å². The minimum absolute atomic E-state index is 0.526. The zero-order chi connectivity index (χ0) is 8.85. The average Bonchev–Trinajstić information content (AvgIpc) is 1.98. The van der Waals surface area contributed by atoms with E-state index in [0.717, 1.165) is 12.8 Å². The quantitative estimate of drug-likeness (QED) is 0.630. The molecule has 0 spiro atoms. The van der Waals surface area contributed by atoms with Crippen LogP contribution in [-0.4, -0.2) is 27.8 Å². The van der Waals surface area contributed by atoms with Crippen molar-refractivity contribution in [3.05, 3.63) is 0 Å². The summed E-state index contributed by atoms with van der Waals surface area (Å²) in [5, 5.41) is 17.8. The van der Waals surface area contributed by atoms with Gasteiger partial charge in [-0.1, -0.05) is 19.8 Å². The van der Waals surface area contributed by atoms with Crippen LogP contribution in [0, 0.1) is 0 Å². The molecule has 0 bridgehead atoms. The highest BCUT2D eigenvalue weighted by Gasteiger charge is 2.20. The van der Waals surface area contributed by atoms with Gasteiger partial charge in [-0.15, -0.1) is 11.6 Å². The van der Waals surface area contributed by atoms with Crippen LogP contribution in [0.2, 0.25) is 0 Å². The van der Waals surface area contributed by atoms with Gasteiger partial charge in [-0.2, -0.15) is 0 Å². The number of hydrogen-bond acceptors (Lipinski definition) is 2. The molecule has 2 nitrogen and oxygen atoms in total. The molecule has 0 aromatic heterocycles. The van der Waals surface area contributed by atoms with Crippen molar-refractivity contribution < 1.29 is 10.2 Å². The molecule has 68 valence electrons. The second kappa shape index (κ2) is 5.81. The van der Waals surface area contributed by atoms with Gasteiger partial charge in [0.05, 0.1) is 17.6 Å². The average molecular weight is 181 g/mol. The van der Waals surface area contributed by atoms with E-state index in [1.54, 1.807) is 6.92 Å². The van der Waals surface area contributed by atoms with E-state index in [4.69, 9.17) is 16.7 Å². The van der Waals surface area contributed by atoms with E-state index >= 15 is 0 Å². The summed E-state index contributed by atoms with van der Waals surface area (Å²) in [6.45, 7) is 3.64. The van der Waals surface area contributed by atoms with Gasteiger partial charge in [0.1, 0.15) is 0 Å². The summed E-state index contributed by atoms with van der Waals surface area (Å²) in [4.78, 5) is 0. The molecular formula is C8H17ClO2. The van der Waals surface area contributed by atoms with Crippen molar-refractivity contribution in [1.29, 1.82) is 0 Å². The van der Waals surface area contributed by atoms with Gasteiger partial charge in [0.2, 0.25) is 0 Å². The first kappa shape index (κ1) is 11.2. The maximum Gasteiger partial charge on any atom is 0.0851 e. The van der Waals surface area contributed by atoms with Gasteiger partial charge in [0.15, 0.2) is 0 Å². The summed E-state index contributed by atoms with van der Waals surface area (Å²) in [7, 11) is 0. The predicted molar refractivity (Wildman–Crippen MR) is 46.9 cm³/mol. The standard InChI is InChI=1S/C8H17ClO2/c1-3-4-5-7(11)8(9)6(2)10/h6-8,10-11H,3-5H2,1-2H3/t6-,7+,8-/m0/s1. The van der Waals surface area contributed by atoms with Gasteiger partial charge in [-0.05, 0) is 13.3 Å². The number of alkyl halides is 1. The SMILES string of the molecule is CCCC[C@@H](O)[C@@H](Cl)[C@H](C)O. The molecule has 0 unspecified atom stereocenters. The Morgan fingerprint density at radius 2 is 1.91 bits per heavy atom. The molecule has 0 aromatic carbocycles. The molecule has 0 aliphatic heterocycles. The lowest BCUT2D eigenvalue weighted by molar-refractivity contribution is 0.0889. The lowest BCUT2D eigenvalue weighted by atomic mass is 10.1. The molecular weight excluding hydrogens is 164 g/mol. The van der Waals surface area contributed by atoms with Crippen LogP contribution in [-0.2, 0) is 0 Å². The lowest BCUT2D eigenvalue weighted by Gasteiger charge is -2.18. The van der Waals surface area contributed by atoms with Crippen molar-refractivity contribution in [3.63, 3.8) is 0 Å². The first-order chi connectivity index (χ1) is 5.09.